The molecule has 18 heavy (non-hydrogen) atoms. The van der Waals surface area contributed by atoms with E-state index < -0.39 is 0 Å². The fourth-order valence-corrected chi connectivity index (χ4v) is 2.17. The smallest absolute Gasteiger partial charge is 0.223 e. The molecule has 1 amide bonds. The lowest BCUT2D eigenvalue weighted by Crippen LogP contribution is -2.52. The van der Waals surface area contributed by atoms with Gasteiger partial charge in [0, 0.05) is 25.9 Å². The van der Waals surface area contributed by atoms with Crippen LogP contribution in [0.5, 0.6) is 0 Å². The van der Waals surface area contributed by atoms with E-state index in [4.69, 9.17) is 14.9 Å². The summed E-state index contributed by atoms with van der Waals surface area (Å²) in [7, 11) is 0. The molecule has 1 aromatic heterocycles. The molecule has 1 aliphatic rings. The maximum atomic E-state index is 12.1. The first-order valence-electron chi connectivity index (χ1n) is 6.33. The van der Waals surface area contributed by atoms with E-state index in [1.165, 1.54) is 0 Å². The molecule has 2 N–H and O–H groups in total. The number of ether oxygens (including phenoxy) is 1. The maximum absolute atomic E-state index is 12.1. The van der Waals surface area contributed by atoms with Crippen molar-refractivity contribution in [3.8, 4) is 0 Å². The zero-order valence-electron chi connectivity index (χ0n) is 10.7. The Morgan fingerprint density at radius 1 is 1.56 bits per heavy atom. The molecule has 0 bridgehead atoms. The van der Waals surface area contributed by atoms with E-state index in [0.29, 0.717) is 39.1 Å². The molecule has 1 aliphatic heterocycles. The molecule has 0 spiro atoms. The SMILES string of the molecule is Cc1ccc(CCC(=O)N2CCOCC2CN)o1. The van der Waals surface area contributed by atoms with Gasteiger partial charge in [-0.05, 0) is 19.1 Å². The molecule has 0 saturated carbocycles. The topological polar surface area (TPSA) is 68.7 Å². The quantitative estimate of drug-likeness (QED) is 0.856. The Balaban J connectivity index is 1.86. The van der Waals surface area contributed by atoms with Crippen LogP contribution in [0.15, 0.2) is 16.5 Å². The van der Waals surface area contributed by atoms with E-state index in [-0.39, 0.29) is 11.9 Å². The minimum absolute atomic E-state index is 0.0181. The van der Waals surface area contributed by atoms with Gasteiger partial charge in [0.05, 0.1) is 19.3 Å². The molecular weight excluding hydrogens is 232 g/mol. The number of nitrogens with two attached hydrogens (primary N) is 1. The van der Waals surface area contributed by atoms with Gasteiger partial charge in [-0.3, -0.25) is 4.79 Å². The molecule has 0 aromatic carbocycles. The first-order chi connectivity index (χ1) is 8.70. The van der Waals surface area contributed by atoms with Gasteiger partial charge in [0.25, 0.3) is 0 Å². The van der Waals surface area contributed by atoms with Crippen LogP contribution in [-0.4, -0.2) is 43.2 Å². The van der Waals surface area contributed by atoms with Gasteiger partial charge in [-0.1, -0.05) is 0 Å². The third kappa shape index (κ3) is 3.11. The van der Waals surface area contributed by atoms with Gasteiger partial charge < -0.3 is 19.8 Å². The van der Waals surface area contributed by atoms with Crippen molar-refractivity contribution in [3.05, 3.63) is 23.7 Å². The first kappa shape index (κ1) is 13.1. The Kier molecular flexibility index (Phi) is 4.38. The summed E-state index contributed by atoms with van der Waals surface area (Å²) in [5, 5.41) is 0. The van der Waals surface area contributed by atoms with Crippen molar-refractivity contribution in [1.29, 1.82) is 0 Å². The number of hydrogen-bond acceptors (Lipinski definition) is 4. The van der Waals surface area contributed by atoms with Crippen LogP contribution < -0.4 is 5.73 Å². The lowest BCUT2D eigenvalue weighted by molar-refractivity contribution is -0.139. The van der Waals surface area contributed by atoms with Crippen LogP contribution in [0.25, 0.3) is 0 Å². The molecule has 1 aromatic rings. The normalized spacial score (nSPS) is 20.1. The summed E-state index contributed by atoms with van der Waals surface area (Å²) in [6.07, 6.45) is 1.10. The zero-order chi connectivity index (χ0) is 13.0. The highest BCUT2D eigenvalue weighted by Gasteiger charge is 2.25. The van der Waals surface area contributed by atoms with Crippen molar-refractivity contribution >= 4 is 5.91 Å². The van der Waals surface area contributed by atoms with Gasteiger partial charge >= 0.3 is 0 Å². The third-order valence-electron chi connectivity index (χ3n) is 3.20. The molecule has 5 heteroatoms. The van der Waals surface area contributed by atoms with Crippen molar-refractivity contribution in [1.82, 2.24) is 4.90 Å². The molecule has 1 atom stereocenters. The second-order valence-corrected chi connectivity index (χ2v) is 4.56. The van der Waals surface area contributed by atoms with Crippen LogP contribution in [0.2, 0.25) is 0 Å². The molecule has 2 rings (SSSR count). The van der Waals surface area contributed by atoms with Gasteiger partial charge in [0.1, 0.15) is 11.5 Å². The van der Waals surface area contributed by atoms with Gasteiger partial charge in [-0.15, -0.1) is 0 Å². The second-order valence-electron chi connectivity index (χ2n) is 4.56. The number of hydrogen-bond donors (Lipinski definition) is 1. The second kappa shape index (κ2) is 6.02. The van der Waals surface area contributed by atoms with Gasteiger partial charge in [-0.2, -0.15) is 0 Å². The summed E-state index contributed by atoms with van der Waals surface area (Å²) in [6.45, 7) is 4.13. The van der Waals surface area contributed by atoms with Crippen molar-refractivity contribution in [2.24, 2.45) is 5.73 Å². The van der Waals surface area contributed by atoms with Gasteiger partial charge in [0.15, 0.2) is 0 Å². The largest absolute Gasteiger partial charge is 0.466 e. The molecular formula is C13H20N2O3. The molecule has 0 radical (unpaired) electrons. The number of rotatable bonds is 4. The van der Waals surface area contributed by atoms with E-state index in [1.54, 1.807) is 0 Å². The predicted molar refractivity (Wildman–Crippen MR) is 67.1 cm³/mol. The average molecular weight is 252 g/mol. The standard InChI is InChI=1S/C13H20N2O3/c1-10-2-3-12(18-10)4-5-13(16)15-6-7-17-9-11(15)8-14/h2-3,11H,4-9,14H2,1H3. The predicted octanol–water partition coefficient (Wildman–Crippen LogP) is 0.707. The number of carbonyl (C=O) groups is 1. The molecule has 2 heterocycles. The van der Waals surface area contributed by atoms with Crippen LogP contribution >= 0.6 is 0 Å². The Hall–Kier alpha value is -1.33. The lowest BCUT2D eigenvalue weighted by atomic mass is 10.1. The minimum Gasteiger partial charge on any atom is -0.466 e. The zero-order valence-corrected chi connectivity index (χ0v) is 10.7. The number of nitrogens with zero attached hydrogens (tertiary/aromatic N) is 1. The van der Waals surface area contributed by atoms with E-state index in [2.05, 4.69) is 0 Å². The average Bonchev–Trinajstić information content (AvgIpc) is 2.81. The molecule has 0 aliphatic carbocycles. The van der Waals surface area contributed by atoms with Crippen LogP contribution in [0.4, 0.5) is 0 Å². The van der Waals surface area contributed by atoms with Crippen molar-refractivity contribution in [2.75, 3.05) is 26.3 Å². The Bertz CT molecular complexity index is 403. The summed E-state index contributed by atoms with van der Waals surface area (Å²) >= 11 is 0. The summed E-state index contributed by atoms with van der Waals surface area (Å²) in [5.74, 6) is 1.87. The fourth-order valence-electron chi connectivity index (χ4n) is 2.17. The number of amides is 1. The highest BCUT2D eigenvalue weighted by atomic mass is 16.5. The maximum Gasteiger partial charge on any atom is 0.223 e. The van der Waals surface area contributed by atoms with Crippen molar-refractivity contribution in [2.45, 2.75) is 25.8 Å². The highest BCUT2D eigenvalue weighted by Crippen LogP contribution is 2.12. The molecule has 100 valence electrons. The van der Waals surface area contributed by atoms with E-state index in [9.17, 15) is 4.79 Å². The molecule has 1 unspecified atom stereocenters. The summed E-state index contributed by atoms with van der Waals surface area (Å²) < 4.78 is 10.8. The van der Waals surface area contributed by atoms with Crippen LogP contribution in [0.3, 0.4) is 0 Å². The molecule has 5 nitrogen and oxygen atoms in total. The number of morpholine rings is 1. The van der Waals surface area contributed by atoms with Crippen molar-refractivity contribution < 1.29 is 13.9 Å². The third-order valence-corrected chi connectivity index (χ3v) is 3.20. The summed E-state index contributed by atoms with van der Waals surface area (Å²) in [5.41, 5.74) is 5.65. The number of carbonyl (C=O) groups excluding carboxylic acids is 1. The first-order valence-corrected chi connectivity index (χ1v) is 6.33. The summed E-state index contributed by atoms with van der Waals surface area (Å²) in [4.78, 5) is 14.0. The Morgan fingerprint density at radius 2 is 2.39 bits per heavy atom. The number of aryl methyl sites for hydroxylation is 2. The van der Waals surface area contributed by atoms with E-state index in [0.717, 1.165) is 11.5 Å². The number of furan rings is 1. The Labute approximate surface area is 107 Å². The fraction of sp³-hybridized carbons (Fsp3) is 0.615. The van der Waals surface area contributed by atoms with Gasteiger partial charge in [0.2, 0.25) is 5.91 Å². The molecule has 1 saturated heterocycles. The summed E-state index contributed by atoms with van der Waals surface area (Å²) in [6, 6.07) is 3.85. The van der Waals surface area contributed by atoms with Crippen LogP contribution in [0, 0.1) is 6.92 Å². The van der Waals surface area contributed by atoms with Gasteiger partial charge in [-0.25, -0.2) is 0 Å². The van der Waals surface area contributed by atoms with E-state index >= 15 is 0 Å². The highest BCUT2D eigenvalue weighted by molar-refractivity contribution is 5.76. The lowest BCUT2D eigenvalue weighted by Gasteiger charge is -2.34. The van der Waals surface area contributed by atoms with Crippen molar-refractivity contribution in [3.63, 3.8) is 0 Å². The molecule has 1 fully saturated rings. The van der Waals surface area contributed by atoms with E-state index in [1.807, 2.05) is 24.0 Å². The Morgan fingerprint density at radius 3 is 3.06 bits per heavy atom. The minimum atomic E-state index is 0.0181. The monoisotopic (exact) mass is 252 g/mol. The van der Waals surface area contributed by atoms with Crippen LogP contribution in [0.1, 0.15) is 17.9 Å². The van der Waals surface area contributed by atoms with Crippen LogP contribution in [-0.2, 0) is 16.0 Å².